The minimum atomic E-state index is -1.14. The van der Waals surface area contributed by atoms with Crippen LogP contribution in [0.4, 0.5) is 4.39 Å². The second kappa shape index (κ2) is 8.06. The zero-order valence-corrected chi connectivity index (χ0v) is 17.0. The molecule has 0 bridgehead atoms. The first-order chi connectivity index (χ1) is 14.9. The molecular formula is C23H20FN3O4. The van der Waals surface area contributed by atoms with Gasteiger partial charge in [-0.15, -0.1) is 0 Å². The molecule has 4 aromatic rings. The van der Waals surface area contributed by atoms with Crippen LogP contribution in [-0.4, -0.2) is 32.0 Å². The minimum Gasteiger partial charge on any atom is -0.481 e. The minimum absolute atomic E-state index is 0.0863. The van der Waals surface area contributed by atoms with Gasteiger partial charge in [0.1, 0.15) is 11.6 Å². The van der Waals surface area contributed by atoms with Gasteiger partial charge in [-0.05, 0) is 48.4 Å². The summed E-state index contributed by atoms with van der Waals surface area (Å²) in [5, 5.41) is 13.5. The maximum absolute atomic E-state index is 14.6. The van der Waals surface area contributed by atoms with E-state index in [-0.39, 0.29) is 16.8 Å². The molecule has 0 aliphatic carbocycles. The average Bonchev–Trinajstić information content (AvgIpc) is 3.29. The lowest BCUT2D eigenvalue weighted by Gasteiger charge is -2.17. The highest BCUT2D eigenvalue weighted by molar-refractivity contribution is 5.90. The standard InChI is InChI=1S/C23H20FN3O4/c1-14-17(12-15-4-6-16(7-5-15)27-11-3-10-25-27)23(30)26(2)22-18(24)8-9-19(21(14)22)31-13-20(28)29/h3-11H,12-13H2,1-2H3,(H,28,29). The number of aromatic nitrogens is 3. The largest absolute Gasteiger partial charge is 0.481 e. The Bertz CT molecular complexity index is 1330. The average molecular weight is 421 g/mol. The number of aliphatic carboxylic acids is 1. The predicted molar refractivity (Wildman–Crippen MR) is 113 cm³/mol. The summed E-state index contributed by atoms with van der Waals surface area (Å²) in [6.45, 7) is 1.16. The van der Waals surface area contributed by atoms with E-state index in [2.05, 4.69) is 5.10 Å². The Balaban J connectivity index is 1.80. The molecule has 0 fully saturated rings. The summed E-state index contributed by atoms with van der Waals surface area (Å²) in [5.41, 5.74) is 2.63. The van der Waals surface area contributed by atoms with Gasteiger partial charge < -0.3 is 14.4 Å². The molecule has 1 N–H and O–H groups in total. The maximum atomic E-state index is 14.6. The molecule has 2 aromatic carbocycles. The van der Waals surface area contributed by atoms with Gasteiger partial charge in [0.05, 0.1) is 11.2 Å². The second-order valence-corrected chi connectivity index (χ2v) is 7.21. The summed E-state index contributed by atoms with van der Waals surface area (Å²) >= 11 is 0. The quantitative estimate of drug-likeness (QED) is 0.517. The van der Waals surface area contributed by atoms with Crippen molar-refractivity contribution in [2.75, 3.05) is 6.61 Å². The molecule has 158 valence electrons. The van der Waals surface area contributed by atoms with Gasteiger partial charge in [-0.3, -0.25) is 4.79 Å². The van der Waals surface area contributed by atoms with Gasteiger partial charge in [-0.1, -0.05) is 12.1 Å². The lowest BCUT2D eigenvalue weighted by atomic mass is 9.97. The lowest BCUT2D eigenvalue weighted by molar-refractivity contribution is -0.139. The first-order valence-electron chi connectivity index (χ1n) is 9.61. The van der Waals surface area contributed by atoms with Crippen molar-refractivity contribution in [2.45, 2.75) is 13.3 Å². The number of carbonyl (C=O) groups is 1. The van der Waals surface area contributed by atoms with E-state index >= 15 is 0 Å². The van der Waals surface area contributed by atoms with Crippen molar-refractivity contribution in [3.05, 3.63) is 87.7 Å². The van der Waals surface area contributed by atoms with Crippen LogP contribution in [-0.2, 0) is 18.3 Å². The van der Waals surface area contributed by atoms with Gasteiger partial charge in [0.15, 0.2) is 6.61 Å². The fraction of sp³-hybridized carbons (Fsp3) is 0.174. The van der Waals surface area contributed by atoms with Gasteiger partial charge in [0.2, 0.25) is 0 Å². The Morgan fingerprint density at radius 1 is 1.19 bits per heavy atom. The summed E-state index contributed by atoms with van der Waals surface area (Å²) in [6.07, 6.45) is 3.87. The lowest BCUT2D eigenvalue weighted by Crippen LogP contribution is -2.24. The molecule has 31 heavy (non-hydrogen) atoms. The van der Waals surface area contributed by atoms with E-state index in [1.807, 2.05) is 36.5 Å². The number of halogens is 1. The molecule has 0 unspecified atom stereocenters. The van der Waals surface area contributed by atoms with Crippen molar-refractivity contribution in [3.8, 4) is 11.4 Å². The topological polar surface area (TPSA) is 86.4 Å². The van der Waals surface area contributed by atoms with Crippen LogP contribution in [0.2, 0.25) is 0 Å². The number of rotatable bonds is 6. The third kappa shape index (κ3) is 3.79. The van der Waals surface area contributed by atoms with Gasteiger partial charge in [-0.25, -0.2) is 13.9 Å². The third-order valence-corrected chi connectivity index (χ3v) is 5.25. The summed E-state index contributed by atoms with van der Waals surface area (Å²) in [6, 6.07) is 12.0. The zero-order chi connectivity index (χ0) is 22.1. The SMILES string of the molecule is Cc1c(Cc2ccc(-n3cccn3)cc2)c(=O)n(C)c2c(F)ccc(OCC(=O)O)c12. The van der Waals surface area contributed by atoms with Gasteiger partial charge in [-0.2, -0.15) is 5.10 Å². The molecule has 2 heterocycles. The number of carboxylic acid groups (broad SMARTS) is 1. The van der Waals surface area contributed by atoms with Crippen molar-refractivity contribution in [2.24, 2.45) is 7.05 Å². The van der Waals surface area contributed by atoms with Crippen molar-refractivity contribution in [1.82, 2.24) is 14.3 Å². The van der Waals surface area contributed by atoms with Crippen molar-refractivity contribution < 1.29 is 19.0 Å². The summed E-state index contributed by atoms with van der Waals surface area (Å²) in [7, 11) is 1.50. The van der Waals surface area contributed by atoms with Crippen LogP contribution in [0.25, 0.3) is 16.6 Å². The normalized spacial score (nSPS) is 11.1. The molecule has 0 spiro atoms. The molecule has 8 heteroatoms. The van der Waals surface area contributed by atoms with Gasteiger partial charge in [0.25, 0.3) is 5.56 Å². The van der Waals surface area contributed by atoms with Crippen LogP contribution in [0.15, 0.2) is 59.7 Å². The maximum Gasteiger partial charge on any atom is 0.341 e. The Morgan fingerprint density at radius 3 is 2.58 bits per heavy atom. The van der Waals surface area contributed by atoms with Crippen molar-refractivity contribution in [3.63, 3.8) is 0 Å². The third-order valence-electron chi connectivity index (χ3n) is 5.25. The monoisotopic (exact) mass is 421 g/mol. The van der Waals surface area contributed by atoms with E-state index in [0.29, 0.717) is 22.9 Å². The number of pyridine rings is 1. The number of hydrogen-bond acceptors (Lipinski definition) is 4. The van der Waals surface area contributed by atoms with Gasteiger partial charge >= 0.3 is 5.97 Å². The number of carboxylic acids is 1. The second-order valence-electron chi connectivity index (χ2n) is 7.21. The number of nitrogens with zero attached hydrogens (tertiary/aromatic N) is 3. The van der Waals surface area contributed by atoms with Crippen LogP contribution < -0.4 is 10.3 Å². The van der Waals surface area contributed by atoms with Crippen LogP contribution in [0.3, 0.4) is 0 Å². The zero-order valence-electron chi connectivity index (χ0n) is 17.0. The van der Waals surface area contributed by atoms with Gasteiger partial charge in [0, 0.05) is 36.8 Å². The van der Waals surface area contributed by atoms with E-state index in [4.69, 9.17) is 9.84 Å². The highest BCUT2D eigenvalue weighted by Gasteiger charge is 2.19. The molecule has 0 saturated heterocycles. The van der Waals surface area contributed by atoms with E-state index in [1.54, 1.807) is 17.8 Å². The molecule has 0 saturated carbocycles. The smallest absolute Gasteiger partial charge is 0.341 e. The first-order valence-corrected chi connectivity index (χ1v) is 9.61. The number of benzene rings is 2. The summed E-state index contributed by atoms with van der Waals surface area (Å²) in [4.78, 5) is 24.0. The number of ether oxygens (including phenoxy) is 1. The first kappa shape index (κ1) is 20.3. The summed E-state index contributed by atoms with van der Waals surface area (Å²) in [5.74, 6) is -1.49. The number of fused-ring (bicyclic) bond motifs is 1. The number of aryl methyl sites for hydroxylation is 2. The Kier molecular flexibility index (Phi) is 5.29. The molecule has 0 amide bonds. The summed E-state index contributed by atoms with van der Waals surface area (Å²) < 4.78 is 22.9. The van der Waals surface area contributed by atoms with Crippen molar-refractivity contribution in [1.29, 1.82) is 0 Å². The Labute approximate surface area is 176 Å². The van der Waals surface area contributed by atoms with Crippen LogP contribution in [0, 0.1) is 12.7 Å². The Hall–Kier alpha value is -3.94. The van der Waals surface area contributed by atoms with E-state index in [1.165, 1.54) is 23.7 Å². The molecule has 7 nitrogen and oxygen atoms in total. The molecule has 0 radical (unpaired) electrons. The number of hydrogen-bond donors (Lipinski definition) is 1. The molecule has 0 aliphatic rings. The Morgan fingerprint density at radius 2 is 1.94 bits per heavy atom. The molecule has 4 rings (SSSR count). The molecular weight excluding hydrogens is 401 g/mol. The van der Waals surface area contributed by atoms with Crippen molar-refractivity contribution >= 4 is 16.9 Å². The van der Waals surface area contributed by atoms with Crippen LogP contribution in [0.5, 0.6) is 5.75 Å². The molecule has 2 aromatic heterocycles. The predicted octanol–water partition coefficient (Wildman–Crippen LogP) is 3.23. The van der Waals surface area contributed by atoms with E-state index in [0.717, 1.165) is 11.3 Å². The fourth-order valence-corrected chi connectivity index (χ4v) is 3.71. The highest BCUT2D eigenvalue weighted by Crippen LogP contribution is 2.31. The molecule has 0 atom stereocenters. The molecule has 0 aliphatic heterocycles. The highest BCUT2D eigenvalue weighted by atomic mass is 19.1. The van der Waals surface area contributed by atoms with Crippen LogP contribution in [0.1, 0.15) is 16.7 Å². The fourth-order valence-electron chi connectivity index (χ4n) is 3.71. The van der Waals surface area contributed by atoms with E-state index < -0.39 is 18.4 Å². The van der Waals surface area contributed by atoms with E-state index in [9.17, 15) is 14.0 Å². The van der Waals surface area contributed by atoms with Crippen LogP contribution >= 0.6 is 0 Å².